The van der Waals surface area contributed by atoms with E-state index in [0.717, 1.165) is 24.3 Å². The molecule has 0 bridgehead atoms. The Labute approximate surface area is 96.0 Å². The highest BCUT2D eigenvalue weighted by Crippen LogP contribution is 2.28. The van der Waals surface area contributed by atoms with Gasteiger partial charge in [0.1, 0.15) is 5.75 Å². The van der Waals surface area contributed by atoms with Crippen molar-refractivity contribution < 1.29 is 14.6 Å². The van der Waals surface area contributed by atoms with Gasteiger partial charge in [-0.05, 0) is 30.2 Å². The largest absolute Gasteiger partial charge is 0.493 e. The van der Waals surface area contributed by atoms with Gasteiger partial charge < -0.3 is 14.6 Å². The number of aliphatic hydroxyl groups excluding tert-OH is 1. The summed E-state index contributed by atoms with van der Waals surface area (Å²) in [7, 11) is 0. The summed E-state index contributed by atoms with van der Waals surface area (Å²) < 4.78 is 10.7. The van der Waals surface area contributed by atoms with E-state index in [9.17, 15) is 5.11 Å². The van der Waals surface area contributed by atoms with Crippen LogP contribution >= 0.6 is 0 Å². The molecule has 0 fully saturated rings. The first-order valence-corrected chi connectivity index (χ1v) is 5.82. The SMILES string of the molecule is CCOCCC(O)c1ccc2c(c1)CCO2. The number of benzene rings is 1. The summed E-state index contributed by atoms with van der Waals surface area (Å²) in [5.74, 6) is 0.959. The van der Waals surface area contributed by atoms with Crippen molar-refractivity contribution in [2.75, 3.05) is 19.8 Å². The third-order valence-corrected chi connectivity index (χ3v) is 2.84. The molecule has 0 aromatic heterocycles. The van der Waals surface area contributed by atoms with Crippen LogP contribution in [0.15, 0.2) is 18.2 Å². The maximum Gasteiger partial charge on any atom is 0.122 e. The average Bonchev–Trinajstić information content (AvgIpc) is 2.76. The lowest BCUT2D eigenvalue weighted by Gasteiger charge is -2.11. The van der Waals surface area contributed by atoms with Crippen LogP contribution in [0.3, 0.4) is 0 Å². The van der Waals surface area contributed by atoms with Crippen LogP contribution in [0.5, 0.6) is 5.75 Å². The summed E-state index contributed by atoms with van der Waals surface area (Å²) in [6, 6.07) is 5.92. The van der Waals surface area contributed by atoms with Crippen molar-refractivity contribution in [3.8, 4) is 5.75 Å². The van der Waals surface area contributed by atoms with E-state index in [4.69, 9.17) is 9.47 Å². The van der Waals surface area contributed by atoms with Crippen molar-refractivity contribution in [1.82, 2.24) is 0 Å². The molecule has 0 spiro atoms. The molecule has 1 N–H and O–H groups in total. The summed E-state index contributed by atoms with van der Waals surface area (Å²) in [6.45, 7) is 4.02. The maximum atomic E-state index is 9.96. The lowest BCUT2D eigenvalue weighted by atomic mass is 10.0. The Kier molecular flexibility index (Phi) is 3.80. The number of aliphatic hydroxyl groups is 1. The third kappa shape index (κ3) is 2.54. The minimum atomic E-state index is -0.433. The Bertz CT molecular complexity index is 349. The first-order chi connectivity index (χ1) is 7.81. The molecule has 0 radical (unpaired) electrons. The molecule has 1 aromatic rings. The molecule has 0 saturated carbocycles. The Morgan fingerprint density at radius 2 is 2.38 bits per heavy atom. The van der Waals surface area contributed by atoms with Gasteiger partial charge in [0, 0.05) is 26.1 Å². The highest BCUT2D eigenvalue weighted by atomic mass is 16.5. The first-order valence-electron chi connectivity index (χ1n) is 5.82. The van der Waals surface area contributed by atoms with E-state index in [1.807, 2.05) is 25.1 Å². The second-order valence-corrected chi connectivity index (χ2v) is 3.97. The van der Waals surface area contributed by atoms with Gasteiger partial charge >= 0.3 is 0 Å². The summed E-state index contributed by atoms with van der Waals surface area (Å²) in [5, 5.41) is 9.96. The molecule has 1 aliphatic rings. The second kappa shape index (κ2) is 5.32. The number of fused-ring (bicyclic) bond motifs is 1. The van der Waals surface area contributed by atoms with Crippen LogP contribution < -0.4 is 4.74 Å². The molecular weight excluding hydrogens is 204 g/mol. The molecule has 0 amide bonds. The highest BCUT2D eigenvalue weighted by molar-refractivity contribution is 5.40. The number of hydrogen-bond acceptors (Lipinski definition) is 3. The molecule has 2 rings (SSSR count). The summed E-state index contributed by atoms with van der Waals surface area (Å²) in [5.41, 5.74) is 2.16. The van der Waals surface area contributed by atoms with Gasteiger partial charge in [0.25, 0.3) is 0 Å². The van der Waals surface area contributed by atoms with Gasteiger partial charge in [0.05, 0.1) is 12.7 Å². The lowest BCUT2D eigenvalue weighted by Crippen LogP contribution is -2.03. The topological polar surface area (TPSA) is 38.7 Å². The summed E-state index contributed by atoms with van der Waals surface area (Å²) in [6.07, 6.45) is 1.16. The van der Waals surface area contributed by atoms with Gasteiger partial charge in [-0.3, -0.25) is 0 Å². The zero-order valence-corrected chi connectivity index (χ0v) is 9.61. The van der Waals surface area contributed by atoms with Crippen LogP contribution in [0, 0.1) is 0 Å². The maximum absolute atomic E-state index is 9.96. The molecule has 1 atom stereocenters. The smallest absolute Gasteiger partial charge is 0.122 e. The standard InChI is InChI=1S/C13H18O3/c1-2-15-7-6-12(14)10-3-4-13-11(9-10)5-8-16-13/h3-4,9,12,14H,2,5-8H2,1H3. The zero-order valence-electron chi connectivity index (χ0n) is 9.61. The quantitative estimate of drug-likeness (QED) is 0.775. The van der Waals surface area contributed by atoms with E-state index in [0.29, 0.717) is 19.6 Å². The van der Waals surface area contributed by atoms with E-state index in [1.165, 1.54) is 5.56 Å². The Morgan fingerprint density at radius 1 is 1.50 bits per heavy atom. The van der Waals surface area contributed by atoms with E-state index in [2.05, 4.69) is 0 Å². The van der Waals surface area contributed by atoms with Crippen LogP contribution in [0.2, 0.25) is 0 Å². The molecule has 0 aliphatic carbocycles. The Balaban J connectivity index is 1.98. The molecule has 0 saturated heterocycles. The van der Waals surface area contributed by atoms with E-state index >= 15 is 0 Å². The third-order valence-electron chi connectivity index (χ3n) is 2.84. The molecule has 1 heterocycles. The number of rotatable bonds is 5. The van der Waals surface area contributed by atoms with Crippen molar-refractivity contribution >= 4 is 0 Å². The van der Waals surface area contributed by atoms with Gasteiger partial charge in [0.15, 0.2) is 0 Å². The monoisotopic (exact) mass is 222 g/mol. The molecular formula is C13H18O3. The number of ether oxygens (including phenoxy) is 2. The molecule has 1 unspecified atom stereocenters. The molecule has 88 valence electrons. The molecule has 3 heteroatoms. The van der Waals surface area contributed by atoms with E-state index in [-0.39, 0.29) is 0 Å². The van der Waals surface area contributed by atoms with Gasteiger partial charge in [-0.25, -0.2) is 0 Å². The van der Waals surface area contributed by atoms with Crippen LogP contribution in [0.25, 0.3) is 0 Å². The van der Waals surface area contributed by atoms with Crippen molar-refractivity contribution in [2.45, 2.75) is 25.9 Å². The first kappa shape index (κ1) is 11.4. The van der Waals surface area contributed by atoms with Gasteiger partial charge in [-0.2, -0.15) is 0 Å². The summed E-state index contributed by atoms with van der Waals surface area (Å²) in [4.78, 5) is 0. The number of hydrogen-bond donors (Lipinski definition) is 1. The van der Waals surface area contributed by atoms with Gasteiger partial charge in [-0.15, -0.1) is 0 Å². The normalized spacial score (nSPS) is 15.6. The van der Waals surface area contributed by atoms with E-state index < -0.39 is 6.10 Å². The Morgan fingerprint density at radius 3 is 3.19 bits per heavy atom. The fourth-order valence-corrected chi connectivity index (χ4v) is 1.92. The average molecular weight is 222 g/mol. The van der Waals surface area contributed by atoms with E-state index in [1.54, 1.807) is 0 Å². The van der Waals surface area contributed by atoms with Crippen LogP contribution in [-0.2, 0) is 11.2 Å². The van der Waals surface area contributed by atoms with Gasteiger partial charge in [-0.1, -0.05) is 6.07 Å². The minimum Gasteiger partial charge on any atom is -0.493 e. The van der Waals surface area contributed by atoms with Crippen LogP contribution in [-0.4, -0.2) is 24.9 Å². The molecule has 3 nitrogen and oxygen atoms in total. The second-order valence-electron chi connectivity index (χ2n) is 3.97. The van der Waals surface area contributed by atoms with Gasteiger partial charge in [0.2, 0.25) is 0 Å². The predicted octanol–water partition coefficient (Wildman–Crippen LogP) is 2.08. The molecule has 1 aromatic carbocycles. The van der Waals surface area contributed by atoms with Crippen molar-refractivity contribution in [3.63, 3.8) is 0 Å². The zero-order chi connectivity index (χ0) is 11.4. The van der Waals surface area contributed by atoms with Crippen molar-refractivity contribution in [3.05, 3.63) is 29.3 Å². The summed E-state index contributed by atoms with van der Waals surface area (Å²) >= 11 is 0. The van der Waals surface area contributed by atoms with Crippen LogP contribution in [0.4, 0.5) is 0 Å². The minimum absolute atomic E-state index is 0.433. The molecule has 1 aliphatic heterocycles. The van der Waals surface area contributed by atoms with Crippen molar-refractivity contribution in [2.24, 2.45) is 0 Å². The molecule has 16 heavy (non-hydrogen) atoms. The lowest BCUT2D eigenvalue weighted by molar-refractivity contribution is 0.0886. The highest BCUT2D eigenvalue weighted by Gasteiger charge is 2.15. The van der Waals surface area contributed by atoms with Crippen LogP contribution in [0.1, 0.15) is 30.6 Å². The Hall–Kier alpha value is -1.06. The predicted molar refractivity (Wildman–Crippen MR) is 61.7 cm³/mol. The van der Waals surface area contributed by atoms with Crippen molar-refractivity contribution in [1.29, 1.82) is 0 Å². The fraction of sp³-hybridized carbons (Fsp3) is 0.538. The fourth-order valence-electron chi connectivity index (χ4n) is 1.92.